The number of aromatic nitrogens is 1. The van der Waals surface area contributed by atoms with Gasteiger partial charge in [0, 0.05) is 42.5 Å². The van der Waals surface area contributed by atoms with Crippen LogP contribution in [0.5, 0.6) is 0 Å². The van der Waals surface area contributed by atoms with Crippen molar-refractivity contribution >= 4 is 28.7 Å². The zero-order valence-electron chi connectivity index (χ0n) is 19.5. The summed E-state index contributed by atoms with van der Waals surface area (Å²) in [6.07, 6.45) is 9.60. The zero-order chi connectivity index (χ0) is 23.2. The van der Waals surface area contributed by atoms with Crippen LogP contribution < -0.4 is 10.6 Å². The normalized spacial score (nSPS) is 20.6. The van der Waals surface area contributed by atoms with Crippen molar-refractivity contribution in [3.63, 3.8) is 0 Å². The summed E-state index contributed by atoms with van der Waals surface area (Å²) in [6.45, 7) is 1.54. The molecule has 2 aliphatic rings. The molecule has 2 amide bonds. The number of methoxy groups -OCH3 is 1. The van der Waals surface area contributed by atoms with E-state index in [1.807, 2.05) is 12.1 Å². The maximum absolute atomic E-state index is 13.3. The predicted octanol–water partition coefficient (Wildman–Crippen LogP) is 3.34. The van der Waals surface area contributed by atoms with Gasteiger partial charge in [0.25, 0.3) is 0 Å². The van der Waals surface area contributed by atoms with Crippen molar-refractivity contribution in [3.05, 3.63) is 36.0 Å². The van der Waals surface area contributed by atoms with Crippen LogP contribution in [-0.4, -0.2) is 42.0 Å². The molecule has 2 aromatic rings. The average molecular weight is 454 g/mol. The second kappa shape index (κ2) is 10.9. The highest BCUT2D eigenvalue weighted by atomic mass is 16.5. The number of rotatable bonds is 6. The van der Waals surface area contributed by atoms with Crippen LogP contribution in [0.2, 0.25) is 0 Å². The maximum atomic E-state index is 13.3. The lowest BCUT2D eigenvalue weighted by Crippen LogP contribution is -2.50. The van der Waals surface area contributed by atoms with Gasteiger partial charge in [0.15, 0.2) is 0 Å². The summed E-state index contributed by atoms with van der Waals surface area (Å²) in [5.74, 6) is -0.794. The molecule has 1 aromatic heterocycles. The average Bonchev–Trinajstić information content (AvgIpc) is 3.13. The summed E-state index contributed by atoms with van der Waals surface area (Å²) in [4.78, 5) is 38.3. The molecular formula is C26H35N3O4. The van der Waals surface area contributed by atoms with Crippen LogP contribution in [0, 0.1) is 11.8 Å². The van der Waals surface area contributed by atoms with E-state index in [1.165, 1.54) is 13.5 Å². The number of carbonyl (C=O) groups is 3. The molecule has 0 spiro atoms. The minimum Gasteiger partial charge on any atom is -0.469 e. The molecular weight excluding hydrogens is 418 g/mol. The van der Waals surface area contributed by atoms with Crippen molar-refractivity contribution in [2.45, 2.75) is 70.4 Å². The summed E-state index contributed by atoms with van der Waals surface area (Å²) in [5.41, 5.74) is 2.21. The number of benzene rings is 1. The fourth-order valence-electron chi connectivity index (χ4n) is 5.01. The number of amides is 2. The van der Waals surface area contributed by atoms with Crippen LogP contribution in [0.25, 0.3) is 10.9 Å². The first kappa shape index (κ1) is 23.3. The number of nitrogens with one attached hydrogen (secondary N) is 2. The number of hydrogen-bond acceptors (Lipinski definition) is 4. The molecule has 7 heteroatoms. The Kier molecular flexibility index (Phi) is 7.68. The number of fused-ring (bicyclic) bond motifs is 5. The van der Waals surface area contributed by atoms with E-state index in [2.05, 4.69) is 33.5 Å². The van der Waals surface area contributed by atoms with E-state index in [0.29, 0.717) is 25.3 Å². The predicted molar refractivity (Wildman–Crippen MR) is 127 cm³/mol. The number of para-hydroxylation sites is 1. The van der Waals surface area contributed by atoms with Gasteiger partial charge in [-0.1, -0.05) is 37.5 Å². The lowest BCUT2D eigenvalue weighted by molar-refractivity contribution is -0.145. The van der Waals surface area contributed by atoms with Crippen LogP contribution in [0.3, 0.4) is 0 Å². The minimum absolute atomic E-state index is 0.0481. The first-order valence-electron chi connectivity index (χ1n) is 12.3. The standard InChI is InChI=1S/C26H35N3O4/c1-33-24(30)16-19(14-18-8-7-9-18)25(31)28-22-15-20-17-29(23-11-4-3-10-21(20)23)13-6-2-5-12-27-26(22)32/h3-4,10-11,17-19,22H,2,5-9,12-16H2,1H3,(H,27,32)(H,28,31)/t19-,22+/m1/s1. The van der Waals surface area contributed by atoms with Gasteiger partial charge in [0.1, 0.15) is 6.04 Å². The molecule has 1 aliphatic heterocycles. The smallest absolute Gasteiger partial charge is 0.306 e. The minimum atomic E-state index is -0.683. The molecule has 1 aliphatic carbocycles. The van der Waals surface area contributed by atoms with E-state index in [0.717, 1.165) is 55.1 Å². The highest BCUT2D eigenvalue weighted by molar-refractivity contribution is 5.91. The number of ether oxygens (including phenoxy) is 1. The summed E-state index contributed by atoms with van der Waals surface area (Å²) >= 11 is 0. The molecule has 2 bridgehead atoms. The highest BCUT2D eigenvalue weighted by Gasteiger charge is 2.32. The SMILES string of the molecule is COC(=O)C[C@@H](CC1CCC1)C(=O)N[C@H]1Cc2cn(c3ccccc23)CCCCCNC1=O. The Balaban J connectivity index is 1.57. The van der Waals surface area contributed by atoms with Gasteiger partial charge in [-0.05, 0) is 43.2 Å². The van der Waals surface area contributed by atoms with E-state index < -0.39 is 12.0 Å². The second-order valence-electron chi connectivity index (χ2n) is 9.49. The van der Waals surface area contributed by atoms with E-state index in [4.69, 9.17) is 4.74 Å². The summed E-state index contributed by atoms with van der Waals surface area (Å²) in [7, 11) is 1.34. The lowest BCUT2D eigenvalue weighted by Gasteiger charge is -2.29. The molecule has 2 atom stereocenters. The Morgan fingerprint density at radius 2 is 2.00 bits per heavy atom. The van der Waals surface area contributed by atoms with Crippen LogP contribution in [0.4, 0.5) is 0 Å². The van der Waals surface area contributed by atoms with Crippen molar-refractivity contribution in [2.75, 3.05) is 13.7 Å². The molecule has 33 heavy (non-hydrogen) atoms. The first-order chi connectivity index (χ1) is 16.0. The van der Waals surface area contributed by atoms with Crippen LogP contribution >= 0.6 is 0 Å². The Hall–Kier alpha value is -2.83. The van der Waals surface area contributed by atoms with Crippen molar-refractivity contribution < 1.29 is 19.1 Å². The Bertz CT molecular complexity index is 995. The van der Waals surface area contributed by atoms with Crippen molar-refractivity contribution in [1.82, 2.24) is 15.2 Å². The molecule has 178 valence electrons. The molecule has 0 unspecified atom stereocenters. The third-order valence-corrected chi connectivity index (χ3v) is 7.16. The fourth-order valence-corrected chi connectivity index (χ4v) is 5.01. The van der Waals surface area contributed by atoms with Crippen molar-refractivity contribution in [3.8, 4) is 0 Å². The zero-order valence-corrected chi connectivity index (χ0v) is 19.5. The molecule has 1 aromatic carbocycles. The molecule has 1 saturated carbocycles. The largest absolute Gasteiger partial charge is 0.469 e. The number of esters is 1. The number of aryl methyl sites for hydroxylation is 1. The van der Waals surface area contributed by atoms with Crippen LogP contribution in [0.15, 0.2) is 30.5 Å². The molecule has 2 heterocycles. The van der Waals surface area contributed by atoms with Crippen molar-refractivity contribution in [2.24, 2.45) is 11.8 Å². The summed E-state index contributed by atoms with van der Waals surface area (Å²) in [5, 5.41) is 7.12. The van der Waals surface area contributed by atoms with Gasteiger partial charge < -0.3 is 19.9 Å². The van der Waals surface area contributed by atoms with Gasteiger partial charge in [-0.3, -0.25) is 14.4 Å². The van der Waals surface area contributed by atoms with Gasteiger partial charge in [-0.2, -0.15) is 0 Å². The molecule has 4 rings (SSSR count). The topological polar surface area (TPSA) is 89.4 Å². The van der Waals surface area contributed by atoms with Crippen LogP contribution in [-0.2, 0) is 32.1 Å². The van der Waals surface area contributed by atoms with Gasteiger partial charge in [0.2, 0.25) is 11.8 Å². The van der Waals surface area contributed by atoms with Gasteiger partial charge in [-0.15, -0.1) is 0 Å². The molecule has 1 fully saturated rings. The maximum Gasteiger partial charge on any atom is 0.306 e. The molecule has 2 N–H and O–H groups in total. The number of nitrogens with zero attached hydrogens (tertiary/aromatic N) is 1. The fraction of sp³-hybridized carbons (Fsp3) is 0.577. The van der Waals surface area contributed by atoms with E-state index in [-0.39, 0.29) is 24.2 Å². The molecule has 7 nitrogen and oxygen atoms in total. The summed E-state index contributed by atoms with van der Waals surface area (Å²) in [6, 6.07) is 7.54. The number of carbonyl (C=O) groups excluding carboxylic acids is 3. The van der Waals surface area contributed by atoms with Gasteiger partial charge in [0.05, 0.1) is 13.5 Å². The van der Waals surface area contributed by atoms with Gasteiger partial charge >= 0.3 is 5.97 Å². The van der Waals surface area contributed by atoms with E-state index in [1.54, 1.807) is 0 Å². The monoisotopic (exact) mass is 453 g/mol. The Morgan fingerprint density at radius 1 is 1.18 bits per heavy atom. The quantitative estimate of drug-likeness (QED) is 0.657. The van der Waals surface area contributed by atoms with E-state index >= 15 is 0 Å². The second-order valence-corrected chi connectivity index (χ2v) is 9.49. The lowest BCUT2D eigenvalue weighted by atomic mass is 9.78. The molecule has 0 saturated heterocycles. The number of hydrogen-bond donors (Lipinski definition) is 2. The Labute approximate surface area is 195 Å². The third-order valence-electron chi connectivity index (χ3n) is 7.16. The Morgan fingerprint density at radius 3 is 2.76 bits per heavy atom. The summed E-state index contributed by atoms with van der Waals surface area (Å²) < 4.78 is 7.10. The van der Waals surface area contributed by atoms with Crippen molar-refractivity contribution in [1.29, 1.82) is 0 Å². The third kappa shape index (κ3) is 5.75. The first-order valence-corrected chi connectivity index (χ1v) is 12.3. The van der Waals surface area contributed by atoms with Gasteiger partial charge in [-0.25, -0.2) is 0 Å². The molecule has 0 radical (unpaired) electrons. The highest BCUT2D eigenvalue weighted by Crippen LogP contribution is 2.33. The van der Waals surface area contributed by atoms with E-state index in [9.17, 15) is 14.4 Å². The van der Waals surface area contributed by atoms with Crippen LogP contribution in [0.1, 0.15) is 56.9 Å².